The zero-order chi connectivity index (χ0) is 13.0. The number of carbonyl (C=O) groups is 1. The summed E-state index contributed by atoms with van der Waals surface area (Å²) < 4.78 is 4.93. The lowest BCUT2D eigenvalue weighted by atomic mass is 10.2. The fourth-order valence-electron chi connectivity index (χ4n) is 1.74. The summed E-state index contributed by atoms with van der Waals surface area (Å²) in [5, 5.41) is 0. The van der Waals surface area contributed by atoms with Gasteiger partial charge in [-0.05, 0) is 30.7 Å². The minimum Gasteiger partial charge on any atom is -0.472 e. The summed E-state index contributed by atoms with van der Waals surface area (Å²) in [6.45, 7) is 3.17. The topological polar surface area (TPSA) is 59.5 Å². The van der Waals surface area contributed by atoms with Gasteiger partial charge in [0.2, 0.25) is 0 Å². The molecule has 0 aliphatic heterocycles. The first kappa shape index (κ1) is 12.2. The highest BCUT2D eigenvalue weighted by Crippen LogP contribution is 2.12. The van der Waals surface area contributed by atoms with Crippen LogP contribution in [0.3, 0.4) is 0 Å². The summed E-state index contributed by atoms with van der Waals surface area (Å²) in [6.07, 6.45) is 2.97. The molecule has 0 radical (unpaired) electrons. The van der Waals surface area contributed by atoms with Crippen LogP contribution in [0.5, 0.6) is 0 Å². The number of hydrogen-bond donors (Lipinski definition) is 1. The second kappa shape index (κ2) is 5.40. The van der Waals surface area contributed by atoms with Crippen molar-refractivity contribution in [3.8, 4) is 0 Å². The molecule has 18 heavy (non-hydrogen) atoms. The van der Waals surface area contributed by atoms with E-state index in [9.17, 15) is 4.79 Å². The Morgan fingerprint density at radius 1 is 1.28 bits per heavy atom. The molecule has 0 spiro atoms. The predicted octanol–water partition coefficient (Wildman–Crippen LogP) is 2.52. The molecule has 0 unspecified atom stereocenters. The maximum Gasteiger partial charge on any atom is 0.257 e. The third-order valence-corrected chi connectivity index (χ3v) is 2.79. The van der Waals surface area contributed by atoms with Crippen molar-refractivity contribution < 1.29 is 9.21 Å². The van der Waals surface area contributed by atoms with Crippen LogP contribution in [-0.4, -0.2) is 17.4 Å². The number of nitrogens with zero attached hydrogens (tertiary/aromatic N) is 1. The van der Waals surface area contributed by atoms with Crippen LogP contribution in [0.2, 0.25) is 0 Å². The maximum atomic E-state index is 12.1. The number of nitrogens with two attached hydrogens (primary N) is 1. The molecule has 2 aromatic rings. The highest BCUT2D eigenvalue weighted by Gasteiger charge is 2.15. The monoisotopic (exact) mass is 244 g/mol. The minimum atomic E-state index is -0.0249. The second-order valence-electron chi connectivity index (χ2n) is 4.07. The lowest BCUT2D eigenvalue weighted by molar-refractivity contribution is 0.0752. The molecule has 2 N–H and O–H groups in total. The zero-order valence-corrected chi connectivity index (χ0v) is 10.3. The molecule has 2 rings (SSSR count). The van der Waals surface area contributed by atoms with E-state index in [0.29, 0.717) is 18.7 Å². The van der Waals surface area contributed by atoms with E-state index in [1.54, 1.807) is 11.0 Å². The summed E-state index contributed by atoms with van der Waals surface area (Å²) in [7, 11) is 0. The van der Waals surface area contributed by atoms with E-state index in [0.717, 1.165) is 11.3 Å². The number of carbonyl (C=O) groups excluding carboxylic acids is 1. The van der Waals surface area contributed by atoms with Gasteiger partial charge < -0.3 is 15.1 Å². The fourth-order valence-corrected chi connectivity index (χ4v) is 1.74. The van der Waals surface area contributed by atoms with Gasteiger partial charge in [0.1, 0.15) is 6.26 Å². The second-order valence-corrected chi connectivity index (χ2v) is 4.07. The fraction of sp³-hybridized carbons (Fsp3) is 0.214. The summed E-state index contributed by atoms with van der Waals surface area (Å²) in [6, 6.07) is 9.21. The summed E-state index contributed by atoms with van der Waals surface area (Å²) in [5.41, 5.74) is 7.99. The average Bonchev–Trinajstić information content (AvgIpc) is 2.91. The average molecular weight is 244 g/mol. The van der Waals surface area contributed by atoms with E-state index in [4.69, 9.17) is 10.2 Å². The van der Waals surface area contributed by atoms with Gasteiger partial charge in [-0.3, -0.25) is 4.79 Å². The Kier molecular flexibility index (Phi) is 3.67. The molecule has 1 aromatic heterocycles. The van der Waals surface area contributed by atoms with Crippen molar-refractivity contribution in [1.82, 2.24) is 4.90 Å². The largest absolute Gasteiger partial charge is 0.472 e. The van der Waals surface area contributed by atoms with Crippen LogP contribution in [0.1, 0.15) is 22.8 Å². The molecular formula is C14H16N2O2. The van der Waals surface area contributed by atoms with Crippen molar-refractivity contribution in [3.05, 3.63) is 54.0 Å². The number of rotatable bonds is 4. The van der Waals surface area contributed by atoms with Crippen molar-refractivity contribution in [2.24, 2.45) is 0 Å². The van der Waals surface area contributed by atoms with Gasteiger partial charge in [0.15, 0.2) is 0 Å². The summed E-state index contributed by atoms with van der Waals surface area (Å²) in [4.78, 5) is 13.9. The van der Waals surface area contributed by atoms with Gasteiger partial charge in [-0.2, -0.15) is 0 Å². The molecule has 4 nitrogen and oxygen atoms in total. The van der Waals surface area contributed by atoms with Gasteiger partial charge in [-0.1, -0.05) is 12.1 Å². The molecule has 94 valence electrons. The predicted molar refractivity (Wildman–Crippen MR) is 70.0 cm³/mol. The Bertz CT molecular complexity index is 503. The van der Waals surface area contributed by atoms with E-state index in [-0.39, 0.29) is 5.91 Å². The van der Waals surface area contributed by atoms with Gasteiger partial charge in [-0.15, -0.1) is 0 Å². The van der Waals surface area contributed by atoms with E-state index in [1.165, 1.54) is 12.5 Å². The summed E-state index contributed by atoms with van der Waals surface area (Å²) >= 11 is 0. The highest BCUT2D eigenvalue weighted by atomic mass is 16.3. The van der Waals surface area contributed by atoms with Crippen molar-refractivity contribution in [3.63, 3.8) is 0 Å². The molecule has 4 heteroatoms. The number of anilines is 1. The molecule has 1 aromatic carbocycles. The number of hydrogen-bond acceptors (Lipinski definition) is 3. The minimum absolute atomic E-state index is 0.0249. The third kappa shape index (κ3) is 2.71. The maximum absolute atomic E-state index is 12.1. The SMILES string of the molecule is CCN(Cc1ccc(N)cc1)C(=O)c1ccoc1. The molecule has 0 saturated carbocycles. The van der Waals surface area contributed by atoms with Crippen LogP contribution in [0, 0.1) is 0 Å². The summed E-state index contributed by atoms with van der Waals surface area (Å²) in [5.74, 6) is -0.0249. The number of nitrogen functional groups attached to an aromatic ring is 1. The number of amides is 1. The van der Waals surface area contributed by atoms with Gasteiger partial charge in [0.05, 0.1) is 11.8 Å². The van der Waals surface area contributed by atoms with E-state index in [1.807, 2.05) is 31.2 Å². The Morgan fingerprint density at radius 2 is 2.00 bits per heavy atom. The Morgan fingerprint density at radius 3 is 2.56 bits per heavy atom. The molecule has 0 aliphatic carbocycles. The molecule has 0 aliphatic rings. The van der Waals surface area contributed by atoms with Crippen LogP contribution in [0.15, 0.2) is 47.3 Å². The van der Waals surface area contributed by atoms with Crippen molar-refractivity contribution >= 4 is 11.6 Å². The molecule has 0 fully saturated rings. The quantitative estimate of drug-likeness (QED) is 0.841. The van der Waals surface area contributed by atoms with Gasteiger partial charge in [0.25, 0.3) is 5.91 Å². The Labute approximate surface area is 106 Å². The van der Waals surface area contributed by atoms with Crippen LogP contribution in [-0.2, 0) is 6.54 Å². The Balaban J connectivity index is 2.10. The van der Waals surface area contributed by atoms with Crippen LogP contribution in [0.4, 0.5) is 5.69 Å². The first-order chi connectivity index (χ1) is 8.70. The van der Waals surface area contributed by atoms with E-state index >= 15 is 0 Å². The van der Waals surface area contributed by atoms with Crippen molar-refractivity contribution in [2.45, 2.75) is 13.5 Å². The molecule has 0 atom stereocenters. The number of furan rings is 1. The first-order valence-electron chi connectivity index (χ1n) is 5.86. The van der Waals surface area contributed by atoms with Gasteiger partial charge in [0, 0.05) is 18.8 Å². The normalized spacial score (nSPS) is 10.3. The van der Waals surface area contributed by atoms with Crippen LogP contribution < -0.4 is 5.73 Å². The van der Waals surface area contributed by atoms with Gasteiger partial charge >= 0.3 is 0 Å². The lowest BCUT2D eigenvalue weighted by Crippen LogP contribution is -2.29. The van der Waals surface area contributed by atoms with E-state index in [2.05, 4.69) is 0 Å². The molecule has 1 amide bonds. The molecule has 1 heterocycles. The smallest absolute Gasteiger partial charge is 0.257 e. The molecule has 0 saturated heterocycles. The molecule has 0 bridgehead atoms. The van der Waals surface area contributed by atoms with Gasteiger partial charge in [-0.25, -0.2) is 0 Å². The van der Waals surface area contributed by atoms with Crippen molar-refractivity contribution in [1.29, 1.82) is 0 Å². The highest BCUT2D eigenvalue weighted by molar-refractivity contribution is 5.93. The van der Waals surface area contributed by atoms with Crippen molar-refractivity contribution in [2.75, 3.05) is 12.3 Å². The molecular weight excluding hydrogens is 228 g/mol. The zero-order valence-electron chi connectivity index (χ0n) is 10.3. The van der Waals surface area contributed by atoms with E-state index < -0.39 is 0 Å². The standard InChI is InChI=1S/C14H16N2O2/c1-2-16(14(17)12-7-8-18-10-12)9-11-3-5-13(15)6-4-11/h3-8,10H,2,9,15H2,1H3. The Hall–Kier alpha value is -2.23. The third-order valence-electron chi connectivity index (χ3n) is 2.79. The van der Waals surface area contributed by atoms with Crippen LogP contribution >= 0.6 is 0 Å². The first-order valence-corrected chi connectivity index (χ1v) is 5.86. The van der Waals surface area contributed by atoms with Crippen LogP contribution in [0.25, 0.3) is 0 Å². The lowest BCUT2D eigenvalue weighted by Gasteiger charge is -2.20. The number of benzene rings is 1.